The van der Waals surface area contributed by atoms with Crippen LogP contribution in [0.4, 0.5) is 0 Å². The molecule has 2 aliphatic rings. The van der Waals surface area contributed by atoms with Gasteiger partial charge in [0.2, 0.25) is 5.91 Å². The highest BCUT2D eigenvalue weighted by atomic mass is 35.5. The van der Waals surface area contributed by atoms with Crippen LogP contribution in [0.15, 0.2) is 36.4 Å². The largest absolute Gasteiger partial charge is 0.351 e. The van der Waals surface area contributed by atoms with E-state index in [1.165, 1.54) is 11.3 Å². The summed E-state index contributed by atoms with van der Waals surface area (Å²) in [4.78, 5) is 30.7. The van der Waals surface area contributed by atoms with Crippen LogP contribution < -0.4 is 5.32 Å². The minimum Gasteiger partial charge on any atom is -0.351 e. The van der Waals surface area contributed by atoms with E-state index in [0.29, 0.717) is 23.8 Å². The van der Waals surface area contributed by atoms with E-state index >= 15 is 0 Å². The van der Waals surface area contributed by atoms with E-state index in [1.807, 2.05) is 37.3 Å². The van der Waals surface area contributed by atoms with Crippen molar-refractivity contribution in [2.24, 2.45) is 0 Å². The lowest BCUT2D eigenvalue weighted by Crippen LogP contribution is -2.64. The first-order valence-corrected chi connectivity index (χ1v) is 13.1. The third-order valence-corrected chi connectivity index (χ3v) is 8.63. The molecule has 2 amide bonds. The number of nitrogens with one attached hydrogen (secondary N) is 1. The molecule has 2 aromatic heterocycles. The molecule has 0 saturated heterocycles. The number of amides is 2. The summed E-state index contributed by atoms with van der Waals surface area (Å²) in [6.45, 7) is 4.83. The van der Waals surface area contributed by atoms with Gasteiger partial charge in [-0.2, -0.15) is 0 Å². The second kappa shape index (κ2) is 8.80. The maximum absolute atomic E-state index is 13.8. The van der Waals surface area contributed by atoms with Gasteiger partial charge in [0.25, 0.3) is 5.91 Å². The summed E-state index contributed by atoms with van der Waals surface area (Å²) in [5.41, 5.74) is 1.63. The smallest absolute Gasteiger partial charge is 0.271 e. The summed E-state index contributed by atoms with van der Waals surface area (Å²) in [6, 6.07) is 11.9. The Morgan fingerprint density at radius 2 is 2.00 bits per heavy atom. The molecule has 0 bridgehead atoms. The van der Waals surface area contributed by atoms with Gasteiger partial charge in [-0.15, -0.1) is 11.3 Å². The quantitative estimate of drug-likeness (QED) is 0.500. The Morgan fingerprint density at radius 1 is 1.21 bits per heavy atom. The average molecular weight is 484 g/mol. The highest BCUT2D eigenvalue weighted by Crippen LogP contribution is 2.37. The Balaban J connectivity index is 1.54. The topological polar surface area (TPSA) is 54.3 Å². The van der Waals surface area contributed by atoms with Crippen molar-refractivity contribution in [2.45, 2.75) is 77.0 Å². The molecule has 1 atom stereocenters. The number of fused-ring (bicyclic) bond motifs is 3. The molecule has 1 fully saturated rings. The fraction of sp³-hybridized carbons (Fsp3) is 0.462. The number of hydrogen-bond acceptors (Lipinski definition) is 3. The monoisotopic (exact) mass is 483 g/mol. The van der Waals surface area contributed by atoms with Crippen molar-refractivity contribution in [3.05, 3.63) is 57.6 Å². The molecule has 1 saturated carbocycles. The Bertz CT molecular complexity index is 1210. The number of thiophene rings is 1. The van der Waals surface area contributed by atoms with Crippen molar-refractivity contribution in [1.82, 2.24) is 14.8 Å². The lowest BCUT2D eigenvalue weighted by atomic mass is 9.91. The van der Waals surface area contributed by atoms with Crippen LogP contribution >= 0.6 is 22.9 Å². The lowest BCUT2D eigenvalue weighted by Gasteiger charge is -2.45. The average Bonchev–Trinajstić information content (AvgIpc) is 3.36. The van der Waals surface area contributed by atoms with Crippen molar-refractivity contribution in [1.29, 1.82) is 0 Å². The molecule has 1 aliphatic carbocycles. The number of hydrogen-bond donors (Lipinski definition) is 1. The van der Waals surface area contributed by atoms with Gasteiger partial charge in [0, 0.05) is 22.5 Å². The van der Waals surface area contributed by atoms with Gasteiger partial charge in [-0.1, -0.05) is 49.9 Å². The van der Waals surface area contributed by atoms with E-state index in [9.17, 15) is 9.59 Å². The maximum atomic E-state index is 13.8. The number of nitrogens with zero attached hydrogens (tertiary/aromatic N) is 2. The molecule has 3 aromatic rings. The minimum atomic E-state index is -0.996. The standard InChI is InChI=1S/C26H30ClN3O2S/c1-3-20-13-21-23(33-20)14-22-24(31)30(15-17-8-7-9-18(27)12-17)26(2,16-29(21)22)25(32)28-19-10-5-4-6-11-19/h7-9,12-14,19H,3-6,10-11,15-16H2,1-2H3,(H,28,32). The van der Waals surface area contributed by atoms with Crippen molar-refractivity contribution in [2.75, 3.05) is 0 Å². The van der Waals surface area contributed by atoms with Crippen molar-refractivity contribution < 1.29 is 9.59 Å². The molecule has 1 unspecified atom stereocenters. The molecule has 174 valence electrons. The van der Waals surface area contributed by atoms with Gasteiger partial charge in [0.05, 0.1) is 16.8 Å². The number of aryl methyl sites for hydroxylation is 1. The molecular formula is C26H30ClN3O2S. The Kier molecular flexibility index (Phi) is 6.00. The SMILES string of the molecule is CCc1cc2c(cc3n2CC(C)(C(=O)NC2CCCCC2)N(Cc2cccc(Cl)c2)C3=O)s1. The molecule has 1 aromatic carbocycles. The molecule has 0 radical (unpaired) electrons. The number of rotatable bonds is 5. The number of carbonyl (C=O) groups excluding carboxylic acids is 2. The highest BCUT2D eigenvalue weighted by Gasteiger charge is 2.48. The summed E-state index contributed by atoms with van der Waals surface area (Å²) < 4.78 is 3.16. The lowest BCUT2D eigenvalue weighted by molar-refractivity contribution is -0.134. The van der Waals surface area contributed by atoms with Crippen LogP contribution in [0.3, 0.4) is 0 Å². The fourth-order valence-electron chi connectivity index (χ4n) is 5.22. The Labute approximate surface area is 203 Å². The molecule has 33 heavy (non-hydrogen) atoms. The first-order chi connectivity index (χ1) is 15.9. The van der Waals surface area contributed by atoms with Crippen LogP contribution in [0.2, 0.25) is 5.02 Å². The Morgan fingerprint density at radius 3 is 2.73 bits per heavy atom. The highest BCUT2D eigenvalue weighted by molar-refractivity contribution is 7.19. The minimum absolute atomic E-state index is 0.0665. The van der Waals surface area contributed by atoms with Crippen molar-refractivity contribution >= 4 is 45.0 Å². The van der Waals surface area contributed by atoms with Crippen molar-refractivity contribution in [3.63, 3.8) is 0 Å². The van der Waals surface area contributed by atoms with Gasteiger partial charge in [0.15, 0.2) is 0 Å². The molecule has 5 rings (SSSR count). The van der Waals surface area contributed by atoms with Crippen LogP contribution in [0.1, 0.15) is 66.9 Å². The molecule has 3 heterocycles. The van der Waals surface area contributed by atoms with E-state index < -0.39 is 5.54 Å². The third kappa shape index (κ3) is 4.08. The van der Waals surface area contributed by atoms with Gasteiger partial charge < -0.3 is 14.8 Å². The molecule has 0 spiro atoms. The number of halogens is 1. The first kappa shape index (κ1) is 22.5. The molecule has 5 nitrogen and oxygen atoms in total. The van der Waals surface area contributed by atoms with Crippen LogP contribution in [-0.2, 0) is 24.3 Å². The van der Waals surface area contributed by atoms with Crippen LogP contribution in [-0.4, -0.2) is 32.9 Å². The van der Waals surface area contributed by atoms with E-state index in [-0.39, 0.29) is 17.9 Å². The zero-order chi connectivity index (χ0) is 23.2. The van der Waals surface area contributed by atoms with Crippen molar-refractivity contribution in [3.8, 4) is 0 Å². The maximum Gasteiger partial charge on any atom is 0.271 e. The number of benzene rings is 1. The van der Waals surface area contributed by atoms with Gasteiger partial charge in [0.1, 0.15) is 11.2 Å². The normalized spacial score (nSPS) is 21.4. The second-order valence-corrected chi connectivity index (χ2v) is 11.1. The summed E-state index contributed by atoms with van der Waals surface area (Å²) in [5, 5.41) is 3.92. The number of aromatic nitrogens is 1. The van der Waals surface area contributed by atoms with Crippen LogP contribution in [0, 0.1) is 0 Å². The van der Waals surface area contributed by atoms with Gasteiger partial charge in [-0.05, 0) is 56.0 Å². The summed E-state index contributed by atoms with van der Waals surface area (Å²) >= 11 is 7.95. The zero-order valence-electron chi connectivity index (χ0n) is 19.2. The zero-order valence-corrected chi connectivity index (χ0v) is 20.8. The summed E-state index contributed by atoms with van der Waals surface area (Å²) in [6.07, 6.45) is 6.49. The predicted molar refractivity (Wildman–Crippen MR) is 134 cm³/mol. The van der Waals surface area contributed by atoms with Gasteiger partial charge >= 0.3 is 0 Å². The molecular weight excluding hydrogens is 454 g/mol. The fourth-order valence-corrected chi connectivity index (χ4v) is 6.47. The Hall–Kier alpha value is -2.31. The van der Waals surface area contributed by atoms with Gasteiger partial charge in [-0.3, -0.25) is 9.59 Å². The summed E-state index contributed by atoms with van der Waals surface area (Å²) in [7, 11) is 0. The first-order valence-electron chi connectivity index (χ1n) is 11.9. The predicted octanol–water partition coefficient (Wildman–Crippen LogP) is 5.78. The van der Waals surface area contributed by atoms with E-state index in [1.54, 1.807) is 16.2 Å². The van der Waals surface area contributed by atoms with Gasteiger partial charge in [-0.25, -0.2) is 0 Å². The second-order valence-electron chi connectivity index (χ2n) is 9.53. The molecule has 7 heteroatoms. The van der Waals surface area contributed by atoms with E-state index in [0.717, 1.165) is 47.9 Å². The van der Waals surface area contributed by atoms with Crippen LogP contribution in [0.5, 0.6) is 0 Å². The molecule has 1 N–H and O–H groups in total. The number of carbonyl (C=O) groups is 2. The van der Waals surface area contributed by atoms with E-state index in [4.69, 9.17) is 11.6 Å². The van der Waals surface area contributed by atoms with E-state index in [2.05, 4.69) is 22.9 Å². The summed E-state index contributed by atoms with van der Waals surface area (Å²) in [5.74, 6) is -0.174. The van der Waals surface area contributed by atoms with Crippen LogP contribution in [0.25, 0.3) is 10.2 Å². The third-order valence-electron chi connectivity index (χ3n) is 7.17. The molecule has 1 aliphatic heterocycles.